The van der Waals surface area contributed by atoms with E-state index in [9.17, 15) is 0 Å². The van der Waals surface area contributed by atoms with Gasteiger partial charge in [0.05, 0.1) is 6.54 Å². The molecule has 1 N–H and O–H groups in total. The first-order valence-corrected chi connectivity index (χ1v) is 7.85. The molecule has 2 aromatic rings. The van der Waals surface area contributed by atoms with Crippen LogP contribution in [0.4, 0.5) is 5.82 Å². The molecule has 1 unspecified atom stereocenters. The minimum Gasteiger partial charge on any atom is -0.365 e. The van der Waals surface area contributed by atoms with Crippen molar-refractivity contribution in [2.75, 3.05) is 5.32 Å². The third-order valence-electron chi connectivity index (χ3n) is 4.43. The van der Waals surface area contributed by atoms with Crippen molar-refractivity contribution in [1.82, 2.24) is 24.7 Å². The Balaban J connectivity index is 1.53. The molecule has 0 radical (unpaired) electrons. The van der Waals surface area contributed by atoms with Crippen LogP contribution in [0.25, 0.3) is 0 Å². The Bertz CT molecular complexity index is 662. The lowest BCUT2D eigenvalue weighted by Crippen LogP contribution is -2.32. The topological polar surface area (TPSA) is 68.5 Å². The minimum absolute atomic E-state index is 0.378. The Morgan fingerprint density at radius 2 is 2.24 bits per heavy atom. The Morgan fingerprint density at radius 1 is 1.29 bits per heavy atom. The third kappa shape index (κ3) is 2.28. The predicted molar refractivity (Wildman–Crippen MR) is 79.2 cm³/mol. The van der Waals surface area contributed by atoms with E-state index in [-0.39, 0.29) is 0 Å². The molecule has 0 spiro atoms. The lowest BCUT2D eigenvalue weighted by atomic mass is 10.1. The van der Waals surface area contributed by atoms with Gasteiger partial charge >= 0.3 is 0 Å². The monoisotopic (exact) mass is 284 g/mol. The number of hydrogen-bond donors (Lipinski definition) is 1. The van der Waals surface area contributed by atoms with Crippen molar-refractivity contribution in [3.8, 4) is 0 Å². The van der Waals surface area contributed by atoms with Gasteiger partial charge < -0.3 is 5.32 Å². The lowest BCUT2D eigenvalue weighted by molar-refractivity contribution is 0.439. The number of nitrogens with zero attached hydrogens (tertiary/aromatic N) is 5. The van der Waals surface area contributed by atoms with Crippen LogP contribution in [0.1, 0.15) is 42.7 Å². The van der Waals surface area contributed by atoms with Gasteiger partial charge in [-0.3, -0.25) is 0 Å². The van der Waals surface area contributed by atoms with Gasteiger partial charge in [-0.1, -0.05) is 6.92 Å². The first-order valence-electron chi connectivity index (χ1n) is 7.85. The maximum Gasteiger partial charge on any atom is 0.150 e. The van der Waals surface area contributed by atoms with Crippen molar-refractivity contribution in [2.24, 2.45) is 0 Å². The molecule has 6 heteroatoms. The molecule has 3 heterocycles. The van der Waals surface area contributed by atoms with Gasteiger partial charge in [-0.25, -0.2) is 19.6 Å². The van der Waals surface area contributed by atoms with Crippen LogP contribution >= 0.6 is 0 Å². The summed E-state index contributed by atoms with van der Waals surface area (Å²) in [5.74, 6) is 3.10. The van der Waals surface area contributed by atoms with Crippen molar-refractivity contribution in [2.45, 2.75) is 58.0 Å². The molecular formula is C15H20N6. The summed E-state index contributed by atoms with van der Waals surface area (Å²) in [7, 11) is 0. The molecule has 0 aromatic carbocycles. The molecule has 2 aliphatic rings. The van der Waals surface area contributed by atoms with E-state index in [1.807, 2.05) is 0 Å². The average molecular weight is 284 g/mol. The van der Waals surface area contributed by atoms with E-state index in [1.165, 1.54) is 17.7 Å². The summed E-state index contributed by atoms with van der Waals surface area (Å²) in [4.78, 5) is 13.4. The molecule has 21 heavy (non-hydrogen) atoms. The molecule has 1 atom stereocenters. The number of fused-ring (bicyclic) bond motifs is 2. The summed E-state index contributed by atoms with van der Waals surface area (Å²) in [5.41, 5.74) is 2.54. The van der Waals surface area contributed by atoms with Gasteiger partial charge in [-0.2, -0.15) is 5.10 Å². The van der Waals surface area contributed by atoms with E-state index in [0.29, 0.717) is 6.04 Å². The average Bonchev–Trinajstić information content (AvgIpc) is 3.13. The Hall–Kier alpha value is -1.98. The molecule has 1 aliphatic carbocycles. The molecule has 0 amide bonds. The van der Waals surface area contributed by atoms with Gasteiger partial charge in [0.1, 0.15) is 18.0 Å². The minimum atomic E-state index is 0.378. The maximum atomic E-state index is 4.57. The van der Waals surface area contributed by atoms with Crippen LogP contribution < -0.4 is 5.32 Å². The van der Waals surface area contributed by atoms with E-state index >= 15 is 0 Å². The van der Waals surface area contributed by atoms with Crippen molar-refractivity contribution >= 4 is 5.82 Å². The standard InChI is InChI=1S/C15H20N6/c1-2-13-19-14-7-6-10(8-21(14)20-13)18-15-11-4-3-5-12(11)16-9-17-15/h9-10H,2-8H2,1H3,(H,16,17,18). The Morgan fingerprint density at radius 3 is 3.14 bits per heavy atom. The largest absolute Gasteiger partial charge is 0.365 e. The quantitative estimate of drug-likeness (QED) is 0.926. The number of aryl methyl sites for hydroxylation is 3. The van der Waals surface area contributed by atoms with Crippen LogP contribution in [-0.4, -0.2) is 30.8 Å². The molecule has 0 bridgehead atoms. The molecular weight excluding hydrogens is 264 g/mol. The molecule has 0 saturated carbocycles. The highest BCUT2D eigenvalue weighted by Gasteiger charge is 2.24. The maximum absolute atomic E-state index is 4.57. The lowest BCUT2D eigenvalue weighted by Gasteiger charge is -2.24. The van der Waals surface area contributed by atoms with Crippen molar-refractivity contribution in [3.63, 3.8) is 0 Å². The van der Waals surface area contributed by atoms with E-state index in [4.69, 9.17) is 0 Å². The number of rotatable bonds is 3. The summed E-state index contributed by atoms with van der Waals surface area (Å²) >= 11 is 0. The highest BCUT2D eigenvalue weighted by atomic mass is 15.4. The van der Waals surface area contributed by atoms with Crippen molar-refractivity contribution in [1.29, 1.82) is 0 Å². The van der Waals surface area contributed by atoms with Crippen LogP contribution in [0.5, 0.6) is 0 Å². The molecule has 1 aliphatic heterocycles. The fraction of sp³-hybridized carbons (Fsp3) is 0.600. The van der Waals surface area contributed by atoms with Crippen LogP contribution in [-0.2, 0) is 32.2 Å². The predicted octanol–water partition coefficient (Wildman–Crippen LogP) is 1.55. The highest BCUT2D eigenvalue weighted by Crippen LogP contribution is 2.26. The molecule has 0 fully saturated rings. The molecule has 4 rings (SSSR count). The second kappa shape index (κ2) is 5.09. The van der Waals surface area contributed by atoms with E-state index in [0.717, 1.165) is 56.1 Å². The fourth-order valence-electron chi connectivity index (χ4n) is 3.31. The highest BCUT2D eigenvalue weighted by molar-refractivity contribution is 5.48. The number of aromatic nitrogens is 5. The number of hydrogen-bond acceptors (Lipinski definition) is 5. The van der Waals surface area contributed by atoms with Gasteiger partial charge in [-0.15, -0.1) is 0 Å². The van der Waals surface area contributed by atoms with Crippen LogP contribution in [0.2, 0.25) is 0 Å². The third-order valence-corrected chi connectivity index (χ3v) is 4.43. The molecule has 2 aromatic heterocycles. The van der Waals surface area contributed by atoms with E-state index < -0.39 is 0 Å². The summed E-state index contributed by atoms with van der Waals surface area (Å²) in [6.07, 6.45) is 8.03. The second-order valence-electron chi connectivity index (χ2n) is 5.86. The second-order valence-corrected chi connectivity index (χ2v) is 5.86. The fourth-order valence-corrected chi connectivity index (χ4v) is 3.31. The van der Waals surface area contributed by atoms with Crippen LogP contribution in [0, 0.1) is 0 Å². The normalized spacial score (nSPS) is 20.1. The first kappa shape index (κ1) is 12.7. The summed E-state index contributed by atoms with van der Waals surface area (Å²) in [5, 5.41) is 8.18. The first-order chi connectivity index (χ1) is 10.3. The van der Waals surface area contributed by atoms with Gasteiger partial charge in [0.25, 0.3) is 0 Å². The van der Waals surface area contributed by atoms with E-state index in [2.05, 4.69) is 37.0 Å². The van der Waals surface area contributed by atoms with Crippen LogP contribution in [0.15, 0.2) is 6.33 Å². The van der Waals surface area contributed by atoms with Crippen molar-refractivity contribution in [3.05, 3.63) is 29.2 Å². The molecule has 6 nitrogen and oxygen atoms in total. The summed E-state index contributed by atoms with van der Waals surface area (Å²) in [6, 6.07) is 0.378. The zero-order valence-electron chi connectivity index (χ0n) is 12.3. The van der Waals surface area contributed by atoms with E-state index in [1.54, 1.807) is 6.33 Å². The molecule has 0 saturated heterocycles. The smallest absolute Gasteiger partial charge is 0.150 e. The number of anilines is 1. The summed E-state index contributed by atoms with van der Waals surface area (Å²) in [6.45, 7) is 2.97. The summed E-state index contributed by atoms with van der Waals surface area (Å²) < 4.78 is 2.06. The zero-order chi connectivity index (χ0) is 14.2. The zero-order valence-corrected chi connectivity index (χ0v) is 12.3. The van der Waals surface area contributed by atoms with Crippen molar-refractivity contribution < 1.29 is 0 Å². The van der Waals surface area contributed by atoms with Gasteiger partial charge in [-0.05, 0) is 25.7 Å². The van der Waals surface area contributed by atoms with Gasteiger partial charge in [0.15, 0.2) is 5.82 Å². The Kier molecular flexibility index (Phi) is 3.09. The van der Waals surface area contributed by atoms with Crippen LogP contribution in [0.3, 0.4) is 0 Å². The number of nitrogens with one attached hydrogen (secondary N) is 1. The van der Waals surface area contributed by atoms with Gasteiger partial charge in [0.2, 0.25) is 0 Å². The Labute approximate surface area is 124 Å². The SMILES string of the molecule is CCc1nc2n(n1)CC(Nc1ncnc3c1CCC3)CC2. The van der Waals surface area contributed by atoms with Gasteiger partial charge in [0, 0.05) is 30.1 Å². The molecule has 110 valence electrons.